The van der Waals surface area contributed by atoms with E-state index in [1.165, 1.54) is 32.5 Å². The number of aromatic nitrogens is 1. The molecule has 4 nitrogen and oxygen atoms in total. The fourth-order valence-electron chi connectivity index (χ4n) is 2.71. The summed E-state index contributed by atoms with van der Waals surface area (Å²) in [6.07, 6.45) is 2.66. The second-order valence-electron chi connectivity index (χ2n) is 5.40. The van der Waals surface area contributed by atoms with Crippen molar-refractivity contribution < 1.29 is 4.52 Å². The van der Waals surface area contributed by atoms with E-state index in [0.29, 0.717) is 6.04 Å². The number of hydrogen-bond acceptors (Lipinski definition) is 4. The van der Waals surface area contributed by atoms with Crippen LogP contribution in [0.2, 0.25) is 0 Å². The molecular formula is C14H25N3O. The lowest BCUT2D eigenvalue weighted by Gasteiger charge is -2.35. The highest BCUT2D eigenvalue weighted by atomic mass is 16.5. The van der Waals surface area contributed by atoms with Gasteiger partial charge in [-0.15, -0.1) is 0 Å². The van der Waals surface area contributed by atoms with Crippen LogP contribution >= 0.6 is 0 Å². The van der Waals surface area contributed by atoms with E-state index in [4.69, 9.17) is 4.52 Å². The molecule has 2 unspecified atom stereocenters. The third-order valence-corrected chi connectivity index (χ3v) is 3.97. The second-order valence-corrected chi connectivity index (χ2v) is 5.40. The molecule has 1 N–H and O–H groups in total. The molecule has 1 aliphatic rings. The largest absolute Gasteiger partial charge is 0.360 e. The number of nitrogens with zero attached hydrogens (tertiary/aromatic N) is 2. The van der Waals surface area contributed by atoms with Gasteiger partial charge >= 0.3 is 0 Å². The number of aryl methyl sites for hydroxylation is 1. The monoisotopic (exact) mass is 251 g/mol. The first kappa shape index (κ1) is 13.6. The Labute approximate surface area is 110 Å². The fourth-order valence-corrected chi connectivity index (χ4v) is 2.71. The van der Waals surface area contributed by atoms with Crippen LogP contribution in [-0.4, -0.2) is 35.7 Å². The van der Waals surface area contributed by atoms with Gasteiger partial charge in [-0.2, -0.15) is 0 Å². The summed E-state index contributed by atoms with van der Waals surface area (Å²) in [4.78, 5) is 2.55. The summed E-state index contributed by atoms with van der Waals surface area (Å²) in [7, 11) is 0. The Morgan fingerprint density at radius 1 is 1.61 bits per heavy atom. The molecule has 0 amide bonds. The van der Waals surface area contributed by atoms with Gasteiger partial charge in [-0.25, -0.2) is 0 Å². The van der Waals surface area contributed by atoms with Gasteiger partial charge in [0.1, 0.15) is 0 Å². The van der Waals surface area contributed by atoms with Crippen LogP contribution in [0, 0.1) is 12.8 Å². The van der Waals surface area contributed by atoms with Crippen molar-refractivity contribution in [3.8, 4) is 0 Å². The van der Waals surface area contributed by atoms with Crippen LogP contribution in [0.4, 0.5) is 0 Å². The van der Waals surface area contributed by atoms with Crippen molar-refractivity contribution in [3.05, 3.63) is 17.5 Å². The molecule has 1 aromatic heterocycles. The van der Waals surface area contributed by atoms with Gasteiger partial charge in [-0.3, -0.25) is 0 Å². The fraction of sp³-hybridized carbons (Fsp3) is 0.786. The number of piperidine rings is 1. The van der Waals surface area contributed by atoms with Crippen molar-refractivity contribution in [2.24, 2.45) is 5.92 Å². The molecule has 0 radical (unpaired) electrons. The van der Waals surface area contributed by atoms with E-state index in [0.717, 1.165) is 23.9 Å². The van der Waals surface area contributed by atoms with E-state index in [-0.39, 0.29) is 0 Å². The number of likely N-dealkylation sites (tertiary alicyclic amines) is 1. The third kappa shape index (κ3) is 3.56. The van der Waals surface area contributed by atoms with Crippen LogP contribution in [0.3, 0.4) is 0 Å². The van der Waals surface area contributed by atoms with Gasteiger partial charge < -0.3 is 14.7 Å². The Morgan fingerprint density at radius 3 is 3.11 bits per heavy atom. The van der Waals surface area contributed by atoms with E-state index in [9.17, 15) is 0 Å². The van der Waals surface area contributed by atoms with Gasteiger partial charge in [-0.05, 0) is 45.7 Å². The SMILES string of the molecule is CCN1CCCC(C(C)NCc2cc(C)no2)C1. The lowest BCUT2D eigenvalue weighted by Crippen LogP contribution is -2.44. The van der Waals surface area contributed by atoms with Crippen molar-refractivity contribution in [2.45, 2.75) is 46.2 Å². The lowest BCUT2D eigenvalue weighted by atomic mass is 9.91. The van der Waals surface area contributed by atoms with Crippen LogP contribution in [0.25, 0.3) is 0 Å². The smallest absolute Gasteiger partial charge is 0.150 e. The molecular weight excluding hydrogens is 226 g/mol. The molecule has 1 aromatic rings. The summed E-state index contributed by atoms with van der Waals surface area (Å²) in [5.74, 6) is 1.69. The first-order valence-electron chi connectivity index (χ1n) is 7.07. The summed E-state index contributed by atoms with van der Waals surface area (Å²) < 4.78 is 5.22. The normalized spacial score (nSPS) is 23.2. The second kappa shape index (κ2) is 6.34. The Bertz CT molecular complexity index is 364. The van der Waals surface area contributed by atoms with Crippen LogP contribution in [-0.2, 0) is 6.54 Å². The van der Waals surface area contributed by atoms with Gasteiger partial charge in [0.2, 0.25) is 0 Å². The van der Waals surface area contributed by atoms with Crippen molar-refractivity contribution >= 4 is 0 Å². The highest BCUT2D eigenvalue weighted by molar-refractivity contribution is 5.02. The molecule has 18 heavy (non-hydrogen) atoms. The highest BCUT2D eigenvalue weighted by Gasteiger charge is 2.23. The van der Waals surface area contributed by atoms with E-state index in [2.05, 4.69) is 29.2 Å². The van der Waals surface area contributed by atoms with Gasteiger partial charge in [0.05, 0.1) is 12.2 Å². The molecule has 2 heterocycles. The molecule has 2 atom stereocenters. The standard InChI is InChI=1S/C14H25N3O/c1-4-17-7-5-6-13(10-17)12(3)15-9-14-8-11(2)16-18-14/h8,12-13,15H,4-7,9-10H2,1-3H3. The number of nitrogens with one attached hydrogen (secondary N) is 1. The van der Waals surface area contributed by atoms with Gasteiger partial charge in [0.25, 0.3) is 0 Å². The minimum atomic E-state index is 0.532. The maximum atomic E-state index is 5.22. The zero-order valence-corrected chi connectivity index (χ0v) is 11.8. The van der Waals surface area contributed by atoms with Crippen LogP contribution in [0.1, 0.15) is 38.1 Å². The molecule has 0 aliphatic carbocycles. The Balaban J connectivity index is 1.78. The van der Waals surface area contributed by atoms with Crippen LogP contribution in [0.15, 0.2) is 10.6 Å². The maximum Gasteiger partial charge on any atom is 0.150 e. The molecule has 1 saturated heterocycles. The van der Waals surface area contributed by atoms with Gasteiger partial charge in [0, 0.05) is 18.7 Å². The predicted molar refractivity (Wildman–Crippen MR) is 72.4 cm³/mol. The predicted octanol–water partition coefficient (Wildman–Crippen LogP) is 2.19. The topological polar surface area (TPSA) is 41.3 Å². The Kier molecular flexibility index (Phi) is 4.78. The average Bonchev–Trinajstić information content (AvgIpc) is 2.82. The van der Waals surface area contributed by atoms with Crippen molar-refractivity contribution in [1.82, 2.24) is 15.4 Å². The van der Waals surface area contributed by atoms with Gasteiger partial charge in [0.15, 0.2) is 5.76 Å². The first-order chi connectivity index (χ1) is 8.69. The molecule has 0 saturated carbocycles. The Morgan fingerprint density at radius 2 is 2.44 bits per heavy atom. The summed E-state index contributed by atoms with van der Waals surface area (Å²) in [5, 5.41) is 7.48. The maximum absolute atomic E-state index is 5.22. The van der Waals surface area contributed by atoms with Crippen LogP contribution in [0.5, 0.6) is 0 Å². The van der Waals surface area contributed by atoms with Crippen LogP contribution < -0.4 is 5.32 Å². The summed E-state index contributed by atoms with van der Waals surface area (Å²) >= 11 is 0. The van der Waals surface area contributed by atoms with Gasteiger partial charge in [-0.1, -0.05) is 12.1 Å². The molecule has 102 valence electrons. The molecule has 2 rings (SSSR count). The Hall–Kier alpha value is -0.870. The minimum absolute atomic E-state index is 0.532. The molecule has 1 aliphatic heterocycles. The zero-order chi connectivity index (χ0) is 13.0. The third-order valence-electron chi connectivity index (χ3n) is 3.97. The molecule has 1 fully saturated rings. The van der Waals surface area contributed by atoms with Crippen molar-refractivity contribution in [1.29, 1.82) is 0 Å². The zero-order valence-electron chi connectivity index (χ0n) is 11.8. The molecule has 0 bridgehead atoms. The molecule has 0 aromatic carbocycles. The van der Waals surface area contributed by atoms with E-state index >= 15 is 0 Å². The summed E-state index contributed by atoms with van der Waals surface area (Å²) in [6, 6.07) is 2.53. The molecule has 0 spiro atoms. The van der Waals surface area contributed by atoms with Crippen molar-refractivity contribution in [3.63, 3.8) is 0 Å². The summed E-state index contributed by atoms with van der Waals surface area (Å²) in [6.45, 7) is 10.9. The minimum Gasteiger partial charge on any atom is -0.360 e. The highest BCUT2D eigenvalue weighted by Crippen LogP contribution is 2.19. The van der Waals surface area contributed by atoms with Crippen molar-refractivity contribution in [2.75, 3.05) is 19.6 Å². The summed E-state index contributed by atoms with van der Waals surface area (Å²) in [5.41, 5.74) is 0.953. The van der Waals surface area contributed by atoms with E-state index < -0.39 is 0 Å². The lowest BCUT2D eigenvalue weighted by molar-refractivity contribution is 0.155. The quantitative estimate of drug-likeness (QED) is 0.871. The van der Waals surface area contributed by atoms with E-state index in [1.807, 2.05) is 13.0 Å². The number of hydrogen-bond donors (Lipinski definition) is 1. The average molecular weight is 251 g/mol. The molecule has 4 heteroatoms. The first-order valence-corrected chi connectivity index (χ1v) is 7.07. The van der Waals surface area contributed by atoms with E-state index in [1.54, 1.807) is 0 Å². The number of rotatable bonds is 5.